The molecule has 1 aliphatic rings. The number of alkyl halides is 3. The topological polar surface area (TPSA) is 47.4 Å². The molecule has 0 bridgehead atoms. The SMILES string of the molecule is COCCCN(C)Cn1nc(C2CC2)cc(C(F)(F)F)c1=O. The van der Waals surface area contributed by atoms with E-state index in [1.54, 1.807) is 19.1 Å². The van der Waals surface area contributed by atoms with Crippen molar-refractivity contribution in [2.75, 3.05) is 27.3 Å². The Hall–Kier alpha value is -1.41. The zero-order valence-corrected chi connectivity index (χ0v) is 12.7. The molecule has 2 rings (SSSR count). The summed E-state index contributed by atoms with van der Waals surface area (Å²) in [6.07, 6.45) is -2.27. The number of rotatable bonds is 7. The average Bonchev–Trinajstić information content (AvgIpc) is 3.24. The van der Waals surface area contributed by atoms with Gasteiger partial charge in [-0.25, -0.2) is 4.68 Å². The fourth-order valence-electron chi connectivity index (χ4n) is 2.22. The fourth-order valence-corrected chi connectivity index (χ4v) is 2.22. The van der Waals surface area contributed by atoms with Crippen molar-refractivity contribution in [1.29, 1.82) is 0 Å². The van der Waals surface area contributed by atoms with E-state index in [0.717, 1.165) is 30.0 Å². The van der Waals surface area contributed by atoms with Gasteiger partial charge in [0.25, 0.3) is 5.56 Å². The minimum absolute atomic E-state index is 0.0339. The normalized spacial score (nSPS) is 15.5. The first kappa shape index (κ1) is 17.0. The molecular formula is C14H20F3N3O2. The minimum atomic E-state index is -4.65. The maximum atomic E-state index is 13.0. The Morgan fingerprint density at radius 2 is 2.14 bits per heavy atom. The van der Waals surface area contributed by atoms with E-state index in [0.29, 0.717) is 18.8 Å². The van der Waals surface area contributed by atoms with E-state index in [-0.39, 0.29) is 12.6 Å². The summed E-state index contributed by atoms with van der Waals surface area (Å²) in [6, 6.07) is 0.904. The van der Waals surface area contributed by atoms with Gasteiger partial charge in [-0.1, -0.05) is 0 Å². The van der Waals surface area contributed by atoms with Crippen molar-refractivity contribution < 1.29 is 17.9 Å². The van der Waals surface area contributed by atoms with Crippen LogP contribution in [0.15, 0.2) is 10.9 Å². The molecule has 0 unspecified atom stereocenters. The van der Waals surface area contributed by atoms with Crippen LogP contribution in [0.25, 0.3) is 0 Å². The Morgan fingerprint density at radius 3 is 2.68 bits per heavy atom. The standard InChI is InChI=1S/C14H20F3N3O2/c1-19(6-3-7-22-2)9-20-13(21)11(14(15,16)17)8-12(18-20)10-4-5-10/h8,10H,3-7,9H2,1-2H3. The number of hydrogen-bond acceptors (Lipinski definition) is 4. The van der Waals surface area contributed by atoms with Crippen molar-refractivity contribution in [3.63, 3.8) is 0 Å². The molecule has 0 spiro atoms. The molecule has 1 fully saturated rings. The molecule has 8 heteroatoms. The number of aromatic nitrogens is 2. The lowest BCUT2D eigenvalue weighted by atomic mass is 10.2. The van der Waals surface area contributed by atoms with Crippen LogP contribution in [-0.2, 0) is 17.6 Å². The summed E-state index contributed by atoms with van der Waals surface area (Å²) in [5, 5.41) is 4.11. The van der Waals surface area contributed by atoms with E-state index in [1.165, 1.54) is 0 Å². The van der Waals surface area contributed by atoms with Crippen molar-refractivity contribution in [3.05, 3.63) is 27.7 Å². The van der Waals surface area contributed by atoms with E-state index in [4.69, 9.17) is 4.74 Å². The van der Waals surface area contributed by atoms with Crippen molar-refractivity contribution in [2.24, 2.45) is 0 Å². The highest BCUT2D eigenvalue weighted by molar-refractivity contribution is 5.22. The van der Waals surface area contributed by atoms with E-state index in [1.807, 2.05) is 0 Å². The van der Waals surface area contributed by atoms with E-state index in [2.05, 4.69) is 5.10 Å². The number of hydrogen-bond donors (Lipinski definition) is 0. The Bertz CT molecular complexity index is 567. The summed E-state index contributed by atoms with van der Waals surface area (Å²) in [7, 11) is 3.32. The molecule has 1 heterocycles. The maximum absolute atomic E-state index is 13.0. The largest absolute Gasteiger partial charge is 0.421 e. The lowest BCUT2D eigenvalue weighted by molar-refractivity contribution is -0.139. The number of nitrogens with zero attached hydrogens (tertiary/aromatic N) is 3. The first-order valence-electron chi connectivity index (χ1n) is 7.19. The summed E-state index contributed by atoms with van der Waals surface area (Å²) in [6.45, 7) is 1.20. The number of methoxy groups -OCH3 is 1. The van der Waals surface area contributed by atoms with Crippen molar-refractivity contribution in [3.8, 4) is 0 Å². The molecule has 1 saturated carbocycles. The zero-order chi connectivity index (χ0) is 16.3. The first-order valence-corrected chi connectivity index (χ1v) is 7.19. The van der Waals surface area contributed by atoms with Gasteiger partial charge in [0, 0.05) is 26.2 Å². The van der Waals surface area contributed by atoms with Crippen LogP contribution in [0.3, 0.4) is 0 Å². The Morgan fingerprint density at radius 1 is 1.45 bits per heavy atom. The van der Waals surface area contributed by atoms with Crippen LogP contribution < -0.4 is 5.56 Å². The third-order valence-corrected chi connectivity index (χ3v) is 3.56. The third-order valence-electron chi connectivity index (χ3n) is 3.56. The van der Waals surface area contributed by atoms with Crippen LogP contribution in [0, 0.1) is 0 Å². The predicted molar refractivity (Wildman–Crippen MR) is 74.6 cm³/mol. The monoisotopic (exact) mass is 319 g/mol. The van der Waals surface area contributed by atoms with Gasteiger partial charge in [0.15, 0.2) is 0 Å². The molecule has 0 saturated heterocycles. The lowest BCUT2D eigenvalue weighted by Gasteiger charge is -2.19. The van der Waals surface area contributed by atoms with E-state index < -0.39 is 17.3 Å². The van der Waals surface area contributed by atoms with Gasteiger partial charge >= 0.3 is 6.18 Å². The Kier molecular flexibility index (Phi) is 5.23. The molecular weight excluding hydrogens is 299 g/mol. The molecule has 1 aromatic rings. The second-order valence-corrected chi connectivity index (χ2v) is 5.63. The molecule has 0 N–H and O–H groups in total. The molecule has 0 atom stereocenters. The fraction of sp³-hybridized carbons (Fsp3) is 0.714. The second kappa shape index (κ2) is 6.78. The molecule has 0 aliphatic heterocycles. The molecule has 0 aromatic carbocycles. The van der Waals surface area contributed by atoms with Crippen LogP contribution in [0.2, 0.25) is 0 Å². The van der Waals surface area contributed by atoms with Crippen molar-refractivity contribution >= 4 is 0 Å². The van der Waals surface area contributed by atoms with Crippen LogP contribution in [0.5, 0.6) is 0 Å². The summed E-state index contributed by atoms with van der Waals surface area (Å²) < 4.78 is 44.9. The van der Waals surface area contributed by atoms with Gasteiger partial charge in [0.05, 0.1) is 12.4 Å². The van der Waals surface area contributed by atoms with Gasteiger partial charge in [-0.15, -0.1) is 0 Å². The molecule has 1 aliphatic carbocycles. The molecule has 1 aromatic heterocycles. The maximum Gasteiger partial charge on any atom is 0.421 e. The highest BCUT2D eigenvalue weighted by Gasteiger charge is 2.37. The summed E-state index contributed by atoms with van der Waals surface area (Å²) >= 11 is 0. The zero-order valence-electron chi connectivity index (χ0n) is 12.7. The quantitative estimate of drug-likeness (QED) is 0.722. The van der Waals surface area contributed by atoms with Crippen LogP contribution in [-0.4, -0.2) is 42.0 Å². The van der Waals surface area contributed by atoms with Crippen molar-refractivity contribution in [2.45, 2.75) is 38.0 Å². The number of ether oxygens (including phenoxy) is 1. The van der Waals surface area contributed by atoms with Gasteiger partial charge in [-0.05, 0) is 32.4 Å². The molecule has 22 heavy (non-hydrogen) atoms. The average molecular weight is 319 g/mol. The van der Waals surface area contributed by atoms with Crippen molar-refractivity contribution in [1.82, 2.24) is 14.7 Å². The van der Waals surface area contributed by atoms with Gasteiger partial charge < -0.3 is 4.74 Å². The molecule has 5 nitrogen and oxygen atoms in total. The molecule has 124 valence electrons. The summed E-state index contributed by atoms with van der Waals surface area (Å²) in [4.78, 5) is 13.8. The summed E-state index contributed by atoms with van der Waals surface area (Å²) in [5.74, 6) is 0.0479. The van der Waals surface area contributed by atoms with Gasteiger partial charge in [0.2, 0.25) is 0 Å². The summed E-state index contributed by atoms with van der Waals surface area (Å²) in [5.41, 5.74) is -1.86. The Balaban J connectivity index is 2.22. The molecule has 0 radical (unpaired) electrons. The highest BCUT2D eigenvalue weighted by Crippen LogP contribution is 2.40. The van der Waals surface area contributed by atoms with Crippen LogP contribution >= 0.6 is 0 Å². The minimum Gasteiger partial charge on any atom is -0.385 e. The third kappa shape index (κ3) is 4.30. The predicted octanol–water partition coefficient (Wildman–Crippen LogP) is 2.07. The lowest BCUT2D eigenvalue weighted by Crippen LogP contribution is -2.36. The Labute approximate surface area is 126 Å². The molecule has 0 amide bonds. The van der Waals surface area contributed by atoms with Gasteiger partial charge in [0.1, 0.15) is 5.56 Å². The number of halogens is 3. The smallest absolute Gasteiger partial charge is 0.385 e. The van der Waals surface area contributed by atoms with Gasteiger partial charge in [-0.3, -0.25) is 9.69 Å². The van der Waals surface area contributed by atoms with Crippen LogP contribution in [0.1, 0.15) is 36.4 Å². The van der Waals surface area contributed by atoms with Gasteiger partial charge in [-0.2, -0.15) is 18.3 Å². The highest BCUT2D eigenvalue weighted by atomic mass is 19.4. The van der Waals surface area contributed by atoms with E-state index >= 15 is 0 Å². The van der Waals surface area contributed by atoms with E-state index in [9.17, 15) is 18.0 Å². The first-order chi connectivity index (χ1) is 10.3. The second-order valence-electron chi connectivity index (χ2n) is 5.63. The van der Waals surface area contributed by atoms with Crippen LogP contribution in [0.4, 0.5) is 13.2 Å².